The summed E-state index contributed by atoms with van der Waals surface area (Å²) in [6, 6.07) is 7.42. The summed E-state index contributed by atoms with van der Waals surface area (Å²) >= 11 is 0. The largest absolute Gasteiger partial charge is 0.399 e. The van der Waals surface area contributed by atoms with E-state index in [0.717, 1.165) is 5.56 Å². The first-order chi connectivity index (χ1) is 7.48. The normalized spacial score (nSPS) is 10.4. The molecule has 0 radical (unpaired) electrons. The summed E-state index contributed by atoms with van der Waals surface area (Å²) in [5.74, 6) is 5.68. The second-order valence-electron chi connectivity index (χ2n) is 4.27. The van der Waals surface area contributed by atoms with Gasteiger partial charge in [-0.25, -0.2) is 0 Å². The van der Waals surface area contributed by atoms with Gasteiger partial charge in [0.05, 0.1) is 6.42 Å². The Balaban J connectivity index is 2.95. The minimum atomic E-state index is -0.502. The van der Waals surface area contributed by atoms with E-state index in [-0.39, 0.29) is 5.78 Å². The Morgan fingerprint density at radius 1 is 1.31 bits per heavy atom. The van der Waals surface area contributed by atoms with Crippen LogP contribution in [0.25, 0.3) is 0 Å². The lowest BCUT2D eigenvalue weighted by molar-refractivity contribution is -0.122. The zero-order valence-electron chi connectivity index (χ0n) is 10.0. The van der Waals surface area contributed by atoms with Crippen LogP contribution in [0.1, 0.15) is 32.8 Å². The molecule has 0 bridgehead atoms. The third kappa shape index (κ3) is 2.64. The number of rotatable bonds is 3. The fraction of sp³-hybridized carbons (Fsp3) is 0.357. The Morgan fingerprint density at radius 2 is 1.88 bits per heavy atom. The Bertz CT molecular complexity index is 432. The van der Waals surface area contributed by atoms with Crippen LogP contribution in [-0.4, -0.2) is 5.78 Å². The first kappa shape index (κ1) is 12.3. The maximum atomic E-state index is 12.0. The first-order valence-electron chi connectivity index (χ1n) is 5.27. The van der Waals surface area contributed by atoms with Gasteiger partial charge in [-0.2, -0.15) is 0 Å². The standard InChI is InChI=1S/C14H17NO/c1-4-5-6-13(16)14(2,3)11-7-9-12(15)10-8-11/h7-10H,6,15H2,1-3H3. The van der Waals surface area contributed by atoms with Crippen LogP contribution in [0.5, 0.6) is 0 Å². The third-order valence-corrected chi connectivity index (χ3v) is 2.76. The van der Waals surface area contributed by atoms with Gasteiger partial charge >= 0.3 is 0 Å². The quantitative estimate of drug-likeness (QED) is 0.622. The number of nitrogens with two attached hydrogens (primary N) is 1. The van der Waals surface area contributed by atoms with E-state index >= 15 is 0 Å². The number of carbonyl (C=O) groups is 1. The molecule has 0 amide bonds. The van der Waals surface area contributed by atoms with Gasteiger partial charge in [0.15, 0.2) is 5.78 Å². The summed E-state index contributed by atoms with van der Waals surface area (Å²) in [7, 11) is 0. The van der Waals surface area contributed by atoms with Crippen molar-refractivity contribution in [2.45, 2.75) is 32.6 Å². The van der Waals surface area contributed by atoms with Crippen molar-refractivity contribution in [1.29, 1.82) is 0 Å². The van der Waals surface area contributed by atoms with E-state index in [1.807, 2.05) is 38.1 Å². The van der Waals surface area contributed by atoms with Gasteiger partial charge in [-0.3, -0.25) is 4.79 Å². The van der Waals surface area contributed by atoms with Gasteiger partial charge in [-0.05, 0) is 38.5 Å². The van der Waals surface area contributed by atoms with Gasteiger partial charge in [-0.1, -0.05) is 18.1 Å². The zero-order valence-corrected chi connectivity index (χ0v) is 10.0. The Morgan fingerprint density at radius 3 is 2.38 bits per heavy atom. The summed E-state index contributed by atoms with van der Waals surface area (Å²) in [5.41, 5.74) is 6.80. The minimum absolute atomic E-state index is 0.131. The van der Waals surface area contributed by atoms with Gasteiger partial charge in [-0.15, -0.1) is 5.92 Å². The molecule has 0 aliphatic heterocycles. The molecule has 0 aliphatic carbocycles. The molecule has 0 spiro atoms. The number of benzene rings is 1. The molecule has 0 saturated carbocycles. The SMILES string of the molecule is CC#CCC(=O)C(C)(C)c1ccc(N)cc1. The molecule has 0 saturated heterocycles. The molecule has 2 heteroatoms. The molecule has 0 atom stereocenters. The highest BCUT2D eigenvalue weighted by atomic mass is 16.1. The molecular formula is C14H17NO. The smallest absolute Gasteiger partial charge is 0.154 e. The highest BCUT2D eigenvalue weighted by Gasteiger charge is 2.28. The molecule has 2 N–H and O–H groups in total. The van der Waals surface area contributed by atoms with E-state index in [4.69, 9.17) is 5.73 Å². The van der Waals surface area contributed by atoms with Crippen LogP contribution in [0.3, 0.4) is 0 Å². The predicted molar refractivity (Wildman–Crippen MR) is 67.0 cm³/mol. The van der Waals surface area contributed by atoms with Crippen molar-refractivity contribution in [3.63, 3.8) is 0 Å². The van der Waals surface area contributed by atoms with Crippen LogP contribution in [0.4, 0.5) is 5.69 Å². The second-order valence-corrected chi connectivity index (χ2v) is 4.27. The van der Waals surface area contributed by atoms with E-state index in [2.05, 4.69) is 11.8 Å². The molecule has 84 valence electrons. The number of ketones is 1. The van der Waals surface area contributed by atoms with E-state index in [1.165, 1.54) is 0 Å². The molecule has 2 nitrogen and oxygen atoms in total. The summed E-state index contributed by atoms with van der Waals surface area (Å²) in [6.07, 6.45) is 0.299. The average molecular weight is 215 g/mol. The Hall–Kier alpha value is -1.75. The molecular weight excluding hydrogens is 198 g/mol. The minimum Gasteiger partial charge on any atom is -0.399 e. The summed E-state index contributed by atoms with van der Waals surface area (Å²) in [5, 5.41) is 0. The monoisotopic (exact) mass is 215 g/mol. The second kappa shape index (κ2) is 4.85. The van der Waals surface area contributed by atoms with Gasteiger partial charge in [0.25, 0.3) is 0 Å². The van der Waals surface area contributed by atoms with Crippen LogP contribution in [0.2, 0.25) is 0 Å². The zero-order chi connectivity index (χ0) is 12.2. The van der Waals surface area contributed by atoms with Crippen molar-refractivity contribution in [3.8, 4) is 11.8 Å². The van der Waals surface area contributed by atoms with Crippen LogP contribution < -0.4 is 5.73 Å². The summed E-state index contributed by atoms with van der Waals surface area (Å²) < 4.78 is 0. The predicted octanol–water partition coefficient (Wildman–Crippen LogP) is 2.53. The van der Waals surface area contributed by atoms with Crippen molar-refractivity contribution in [2.24, 2.45) is 0 Å². The van der Waals surface area contributed by atoms with E-state index in [9.17, 15) is 4.79 Å². The molecule has 0 heterocycles. The maximum Gasteiger partial charge on any atom is 0.154 e. The molecule has 0 unspecified atom stereocenters. The van der Waals surface area contributed by atoms with Crippen molar-refractivity contribution in [3.05, 3.63) is 29.8 Å². The lowest BCUT2D eigenvalue weighted by Gasteiger charge is -2.22. The Labute approximate surface area is 96.9 Å². The topological polar surface area (TPSA) is 43.1 Å². The number of hydrogen-bond acceptors (Lipinski definition) is 2. The van der Waals surface area contributed by atoms with Crippen LogP contribution in [-0.2, 0) is 10.2 Å². The third-order valence-electron chi connectivity index (χ3n) is 2.76. The highest BCUT2D eigenvalue weighted by molar-refractivity contribution is 5.91. The molecule has 1 aromatic carbocycles. The van der Waals surface area contributed by atoms with E-state index < -0.39 is 5.41 Å². The average Bonchev–Trinajstić information content (AvgIpc) is 2.26. The molecule has 0 aromatic heterocycles. The van der Waals surface area contributed by atoms with Gasteiger partial charge in [0.2, 0.25) is 0 Å². The number of hydrogen-bond donors (Lipinski definition) is 1. The molecule has 1 rings (SSSR count). The van der Waals surface area contributed by atoms with Gasteiger partial charge < -0.3 is 5.73 Å². The first-order valence-corrected chi connectivity index (χ1v) is 5.27. The van der Waals surface area contributed by atoms with Crippen molar-refractivity contribution < 1.29 is 4.79 Å². The summed E-state index contributed by atoms with van der Waals surface area (Å²) in [6.45, 7) is 5.57. The lowest BCUT2D eigenvalue weighted by Crippen LogP contribution is -2.28. The van der Waals surface area contributed by atoms with Crippen LogP contribution >= 0.6 is 0 Å². The molecule has 0 fully saturated rings. The molecule has 1 aromatic rings. The van der Waals surface area contributed by atoms with Crippen LogP contribution in [0.15, 0.2) is 24.3 Å². The summed E-state index contributed by atoms with van der Waals surface area (Å²) in [4.78, 5) is 12.0. The number of Topliss-reactive ketones (excluding diaryl/α,β-unsaturated/α-hetero) is 1. The highest BCUT2D eigenvalue weighted by Crippen LogP contribution is 2.26. The lowest BCUT2D eigenvalue weighted by atomic mass is 9.79. The van der Waals surface area contributed by atoms with E-state index in [1.54, 1.807) is 6.92 Å². The molecule has 16 heavy (non-hydrogen) atoms. The maximum absolute atomic E-state index is 12.0. The number of anilines is 1. The molecule has 0 aliphatic rings. The van der Waals surface area contributed by atoms with Crippen molar-refractivity contribution in [1.82, 2.24) is 0 Å². The van der Waals surface area contributed by atoms with Gasteiger partial charge in [0.1, 0.15) is 0 Å². The fourth-order valence-corrected chi connectivity index (χ4v) is 1.45. The van der Waals surface area contributed by atoms with Gasteiger partial charge in [0, 0.05) is 11.1 Å². The van der Waals surface area contributed by atoms with Crippen molar-refractivity contribution in [2.75, 3.05) is 5.73 Å². The van der Waals surface area contributed by atoms with E-state index in [0.29, 0.717) is 12.1 Å². The number of carbonyl (C=O) groups excluding carboxylic acids is 1. The fourth-order valence-electron chi connectivity index (χ4n) is 1.45. The van der Waals surface area contributed by atoms with Crippen molar-refractivity contribution >= 4 is 11.5 Å². The number of nitrogen functional groups attached to an aromatic ring is 1. The Kier molecular flexibility index (Phi) is 3.73. The van der Waals surface area contributed by atoms with Crippen LogP contribution in [0, 0.1) is 11.8 Å².